The van der Waals surface area contributed by atoms with Crippen LogP contribution in [0.15, 0.2) is 51.8 Å². The molecule has 0 spiro atoms. The van der Waals surface area contributed by atoms with Gasteiger partial charge in [0.25, 0.3) is 5.91 Å². The molecule has 2 aromatic carbocycles. The van der Waals surface area contributed by atoms with Crippen LogP contribution in [0, 0.1) is 0 Å². The molecule has 0 aromatic heterocycles. The molecule has 10 heteroatoms. The second-order valence-electron chi connectivity index (χ2n) is 5.97. The maximum absolute atomic E-state index is 12.6. The van der Waals surface area contributed by atoms with Crippen molar-refractivity contribution in [2.45, 2.75) is 18.7 Å². The molecule has 8 nitrogen and oxygen atoms in total. The lowest BCUT2D eigenvalue weighted by atomic mass is 10.2. The Labute approximate surface area is 178 Å². The van der Waals surface area contributed by atoms with Gasteiger partial charge in [0.15, 0.2) is 6.61 Å². The normalized spacial score (nSPS) is 11.3. The molecule has 0 radical (unpaired) electrons. The monoisotopic (exact) mass is 483 g/mol. The van der Waals surface area contributed by atoms with Crippen molar-refractivity contribution < 1.29 is 22.7 Å². The van der Waals surface area contributed by atoms with Gasteiger partial charge in [0.2, 0.25) is 10.0 Å². The number of hydrogen-bond donors (Lipinski definition) is 2. The Morgan fingerprint density at radius 2 is 1.83 bits per heavy atom. The van der Waals surface area contributed by atoms with Gasteiger partial charge in [0.05, 0.1) is 10.5 Å². The number of ether oxygens (including phenoxy) is 1. The standard InChI is InChI=1S/C19H22BrN3O5S/c1-3-23(4-2)29(26,27)15-7-5-6-14(11-15)22-18(24)12-28-19(25)16-10-13(20)8-9-17(16)21/h5-11H,3-4,12,21H2,1-2H3,(H,22,24). The number of halogens is 1. The lowest BCUT2D eigenvalue weighted by Crippen LogP contribution is -2.30. The summed E-state index contributed by atoms with van der Waals surface area (Å²) < 4.78 is 32.1. The average molecular weight is 484 g/mol. The SMILES string of the molecule is CCN(CC)S(=O)(=O)c1cccc(NC(=O)COC(=O)c2cc(Br)ccc2N)c1. The van der Waals surface area contributed by atoms with Crippen LogP contribution in [-0.4, -0.2) is 44.3 Å². The summed E-state index contributed by atoms with van der Waals surface area (Å²) in [5.74, 6) is -1.35. The number of carbonyl (C=O) groups is 2. The first kappa shape index (κ1) is 22.9. The molecule has 29 heavy (non-hydrogen) atoms. The van der Waals surface area contributed by atoms with Gasteiger partial charge >= 0.3 is 5.97 Å². The zero-order valence-electron chi connectivity index (χ0n) is 16.0. The summed E-state index contributed by atoms with van der Waals surface area (Å²) >= 11 is 3.24. The van der Waals surface area contributed by atoms with Crippen LogP contribution in [0.25, 0.3) is 0 Å². The van der Waals surface area contributed by atoms with Crippen molar-refractivity contribution in [3.63, 3.8) is 0 Å². The predicted molar refractivity (Wildman–Crippen MR) is 114 cm³/mol. The van der Waals surface area contributed by atoms with Gasteiger partial charge in [-0.25, -0.2) is 13.2 Å². The van der Waals surface area contributed by atoms with Gasteiger partial charge in [-0.15, -0.1) is 0 Å². The number of amides is 1. The van der Waals surface area contributed by atoms with Gasteiger partial charge in [-0.2, -0.15) is 4.31 Å². The number of esters is 1. The Bertz CT molecular complexity index is 1010. The summed E-state index contributed by atoms with van der Waals surface area (Å²) in [5.41, 5.74) is 6.39. The van der Waals surface area contributed by atoms with E-state index >= 15 is 0 Å². The molecule has 2 rings (SSSR count). The number of nitrogens with two attached hydrogens (primary N) is 1. The van der Waals surface area contributed by atoms with Crippen LogP contribution in [-0.2, 0) is 19.6 Å². The Morgan fingerprint density at radius 1 is 1.14 bits per heavy atom. The minimum atomic E-state index is -3.65. The van der Waals surface area contributed by atoms with E-state index in [2.05, 4.69) is 21.2 Å². The smallest absolute Gasteiger partial charge is 0.340 e. The van der Waals surface area contributed by atoms with E-state index in [1.807, 2.05) is 0 Å². The van der Waals surface area contributed by atoms with Crippen molar-refractivity contribution in [2.75, 3.05) is 30.7 Å². The van der Waals surface area contributed by atoms with Gasteiger partial charge in [-0.3, -0.25) is 4.79 Å². The van der Waals surface area contributed by atoms with Crippen LogP contribution in [0.5, 0.6) is 0 Å². The summed E-state index contributed by atoms with van der Waals surface area (Å²) in [4.78, 5) is 24.3. The molecule has 0 fully saturated rings. The Hall–Kier alpha value is -2.43. The third-order valence-corrected chi connectivity index (χ3v) is 6.57. The van der Waals surface area contributed by atoms with Gasteiger partial charge < -0.3 is 15.8 Å². The molecule has 1 amide bonds. The van der Waals surface area contributed by atoms with Gasteiger partial charge in [0, 0.05) is 28.9 Å². The van der Waals surface area contributed by atoms with Crippen molar-refractivity contribution >= 4 is 49.2 Å². The highest BCUT2D eigenvalue weighted by molar-refractivity contribution is 9.10. The highest BCUT2D eigenvalue weighted by Gasteiger charge is 2.22. The number of nitrogens with one attached hydrogen (secondary N) is 1. The van der Waals surface area contributed by atoms with Crippen molar-refractivity contribution in [2.24, 2.45) is 0 Å². The molecule has 0 aliphatic carbocycles. The molecular weight excluding hydrogens is 462 g/mol. The third kappa shape index (κ3) is 5.78. The van der Waals surface area contributed by atoms with E-state index < -0.39 is 28.5 Å². The van der Waals surface area contributed by atoms with E-state index in [0.29, 0.717) is 17.6 Å². The van der Waals surface area contributed by atoms with E-state index in [1.54, 1.807) is 32.0 Å². The van der Waals surface area contributed by atoms with Crippen LogP contribution in [0.2, 0.25) is 0 Å². The van der Waals surface area contributed by atoms with Crippen LogP contribution < -0.4 is 11.1 Å². The molecule has 3 N–H and O–H groups in total. The number of anilines is 2. The molecule has 0 saturated heterocycles. The van der Waals surface area contributed by atoms with Crippen molar-refractivity contribution in [3.8, 4) is 0 Å². The fourth-order valence-corrected chi connectivity index (χ4v) is 4.42. The number of hydrogen-bond acceptors (Lipinski definition) is 6. The summed E-state index contributed by atoms with van der Waals surface area (Å²) in [6, 6.07) is 10.6. The number of benzene rings is 2. The van der Waals surface area contributed by atoms with E-state index in [0.717, 1.165) is 0 Å². The predicted octanol–water partition coefficient (Wildman–Crippen LogP) is 2.86. The maximum Gasteiger partial charge on any atom is 0.340 e. The summed E-state index contributed by atoms with van der Waals surface area (Å²) in [5, 5.41) is 2.52. The highest BCUT2D eigenvalue weighted by atomic mass is 79.9. The first-order chi connectivity index (χ1) is 13.7. The van der Waals surface area contributed by atoms with Crippen LogP contribution in [0.1, 0.15) is 24.2 Å². The summed E-state index contributed by atoms with van der Waals surface area (Å²) in [6.45, 7) is 3.63. The molecule has 0 aliphatic heterocycles. The Kier molecular flexibility index (Phi) is 7.77. The maximum atomic E-state index is 12.6. The molecule has 0 saturated carbocycles. The van der Waals surface area contributed by atoms with Crippen LogP contribution in [0.4, 0.5) is 11.4 Å². The highest BCUT2D eigenvalue weighted by Crippen LogP contribution is 2.21. The minimum Gasteiger partial charge on any atom is -0.452 e. The lowest BCUT2D eigenvalue weighted by Gasteiger charge is -2.18. The molecular formula is C19H22BrN3O5S. The molecule has 0 atom stereocenters. The van der Waals surface area contributed by atoms with Crippen molar-refractivity contribution in [3.05, 3.63) is 52.5 Å². The van der Waals surface area contributed by atoms with E-state index in [9.17, 15) is 18.0 Å². The molecule has 2 aromatic rings. The van der Waals surface area contributed by atoms with Gasteiger partial charge in [-0.1, -0.05) is 35.8 Å². The van der Waals surface area contributed by atoms with Crippen molar-refractivity contribution in [1.29, 1.82) is 0 Å². The van der Waals surface area contributed by atoms with Crippen LogP contribution >= 0.6 is 15.9 Å². The summed E-state index contributed by atoms with van der Waals surface area (Å²) in [7, 11) is -3.65. The molecule has 0 bridgehead atoms. The summed E-state index contributed by atoms with van der Waals surface area (Å²) in [6.07, 6.45) is 0. The topological polar surface area (TPSA) is 119 Å². The number of carbonyl (C=O) groups excluding carboxylic acids is 2. The van der Waals surface area contributed by atoms with E-state index in [1.165, 1.54) is 28.6 Å². The largest absolute Gasteiger partial charge is 0.452 e. The number of rotatable bonds is 8. The minimum absolute atomic E-state index is 0.0675. The molecule has 156 valence electrons. The van der Waals surface area contributed by atoms with Crippen molar-refractivity contribution in [1.82, 2.24) is 4.31 Å². The molecule has 0 aliphatic rings. The molecule has 0 heterocycles. The molecule has 0 unspecified atom stereocenters. The average Bonchev–Trinajstić information content (AvgIpc) is 2.69. The zero-order chi connectivity index (χ0) is 21.6. The van der Waals surface area contributed by atoms with Gasteiger partial charge in [-0.05, 0) is 36.4 Å². The second-order valence-corrected chi connectivity index (χ2v) is 8.83. The van der Waals surface area contributed by atoms with E-state index in [4.69, 9.17) is 10.5 Å². The van der Waals surface area contributed by atoms with E-state index in [-0.39, 0.29) is 21.8 Å². The second kappa shape index (κ2) is 9.86. The first-order valence-electron chi connectivity index (χ1n) is 8.81. The lowest BCUT2D eigenvalue weighted by molar-refractivity contribution is -0.119. The Balaban J connectivity index is 2.04. The first-order valence-corrected chi connectivity index (χ1v) is 11.0. The number of sulfonamides is 1. The zero-order valence-corrected chi connectivity index (χ0v) is 18.4. The number of nitrogens with zero attached hydrogens (tertiary/aromatic N) is 1. The third-order valence-electron chi connectivity index (χ3n) is 4.03. The fraction of sp³-hybridized carbons (Fsp3) is 0.263. The van der Waals surface area contributed by atoms with Crippen LogP contribution in [0.3, 0.4) is 0 Å². The number of nitrogen functional groups attached to an aromatic ring is 1. The van der Waals surface area contributed by atoms with Gasteiger partial charge in [0.1, 0.15) is 0 Å². The fourth-order valence-electron chi connectivity index (χ4n) is 2.56. The quantitative estimate of drug-likeness (QED) is 0.440. The Morgan fingerprint density at radius 3 is 2.48 bits per heavy atom.